The van der Waals surface area contributed by atoms with Gasteiger partial charge in [0, 0.05) is 13.1 Å². The quantitative estimate of drug-likeness (QED) is 0.780. The highest BCUT2D eigenvalue weighted by Crippen LogP contribution is 2.25. The number of benzene rings is 1. The van der Waals surface area contributed by atoms with E-state index in [1.807, 2.05) is 0 Å². The van der Waals surface area contributed by atoms with Crippen LogP contribution in [0.25, 0.3) is 0 Å². The highest BCUT2D eigenvalue weighted by molar-refractivity contribution is 5.97. The van der Waals surface area contributed by atoms with Gasteiger partial charge in [-0.2, -0.15) is 8.78 Å². The number of nitrogens with zero attached hydrogens (tertiary/aromatic N) is 1. The number of amides is 1. The van der Waals surface area contributed by atoms with Crippen LogP contribution in [0.1, 0.15) is 30.1 Å². The van der Waals surface area contributed by atoms with Gasteiger partial charge < -0.3 is 14.4 Å². The molecule has 0 bridgehead atoms. The molecule has 1 saturated heterocycles. The van der Waals surface area contributed by atoms with Crippen LogP contribution >= 0.6 is 0 Å². The normalized spacial score (nSPS) is 15.6. The van der Waals surface area contributed by atoms with Gasteiger partial charge in [-0.15, -0.1) is 0 Å². The van der Waals surface area contributed by atoms with Gasteiger partial charge >= 0.3 is 12.6 Å². The molecular weight excluding hydrogens is 308 g/mol. The van der Waals surface area contributed by atoms with E-state index in [2.05, 4.69) is 4.74 Å². The first-order chi connectivity index (χ1) is 11.0. The second-order valence-corrected chi connectivity index (χ2v) is 5.19. The molecule has 1 aromatic rings. The number of carbonyl (C=O) groups is 2. The first-order valence-electron chi connectivity index (χ1n) is 7.52. The summed E-state index contributed by atoms with van der Waals surface area (Å²) in [6, 6.07) is 5.92. The standard InChI is InChI=1S/C16H19F2NO4/c1-2-22-15(21)11-7-9-19(10-8-11)14(20)12-5-3-4-6-13(12)23-16(17)18/h3-6,11,16H,2,7-10H2,1H3. The van der Waals surface area contributed by atoms with E-state index in [1.165, 1.54) is 18.2 Å². The van der Waals surface area contributed by atoms with Crippen LogP contribution in [-0.4, -0.2) is 43.1 Å². The molecule has 1 aliphatic heterocycles. The third-order valence-corrected chi connectivity index (χ3v) is 3.74. The number of piperidine rings is 1. The maximum absolute atomic E-state index is 12.5. The van der Waals surface area contributed by atoms with Gasteiger partial charge in [-0.25, -0.2) is 0 Å². The molecule has 2 rings (SSSR count). The molecule has 1 aliphatic rings. The Kier molecular flexibility index (Phi) is 5.90. The molecule has 0 N–H and O–H groups in total. The number of hydrogen-bond acceptors (Lipinski definition) is 4. The minimum absolute atomic E-state index is 0.0994. The van der Waals surface area contributed by atoms with Crippen molar-refractivity contribution in [2.45, 2.75) is 26.4 Å². The minimum Gasteiger partial charge on any atom is -0.466 e. The Morgan fingerprint density at radius 1 is 1.26 bits per heavy atom. The number of para-hydroxylation sites is 1. The number of carbonyl (C=O) groups excluding carboxylic acids is 2. The van der Waals surface area contributed by atoms with Crippen molar-refractivity contribution in [3.05, 3.63) is 29.8 Å². The summed E-state index contributed by atoms with van der Waals surface area (Å²) in [6.45, 7) is -0.151. The summed E-state index contributed by atoms with van der Waals surface area (Å²) in [5.74, 6) is -0.976. The van der Waals surface area contributed by atoms with Crippen molar-refractivity contribution >= 4 is 11.9 Å². The number of hydrogen-bond donors (Lipinski definition) is 0. The van der Waals surface area contributed by atoms with Crippen molar-refractivity contribution in [3.8, 4) is 5.75 Å². The zero-order chi connectivity index (χ0) is 16.8. The summed E-state index contributed by atoms with van der Waals surface area (Å²) in [7, 11) is 0. The second-order valence-electron chi connectivity index (χ2n) is 5.19. The third-order valence-electron chi connectivity index (χ3n) is 3.74. The largest absolute Gasteiger partial charge is 0.466 e. The summed E-state index contributed by atoms with van der Waals surface area (Å²) in [6.07, 6.45) is 1.00. The molecule has 0 spiro atoms. The van der Waals surface area contributed by atoms with Crippen LogP contribution in [0, 0.1) is 5.92 Å². The number of ether oxygens (including phenoxy) is 2. The topological polar surface area (TPSA) is 55.8 Å². The van der Waals surface area contributed by atoms with Crippen LogP contribution in [0.2, 0.25) is 0 Å². The van der Waals surface area contributed by atoms with E-state index in [1.54, 1.807) is 17.9 Å². The summed E-state index contributed by atoms with van der Waals surface area (Å²) >= 11 is 0. The van der Waals surface area contributed by atoms with Crippen LogP contribution in [0.3, 0.4) is 0 Å². The Bertz CT molecular complexity index is 557. The molecular formula is C16H19F2NO4. The zero-order valence-corrected chi connectivity index (χ0v) is 12.8. The number of alkyl halides is 2. The summed E-state index contributed by atoms with van der Waals surface area (Å²) in [5.41, 5.74) is 0.0994. The number of likely N-dealkylation sites (tertiary alicyclic amines) is 1. The van der Waals surface area contributed by atoms with Crippen LogP contribution in [0.15, 0.2) is 24.3 Å². The van der Waals surface area contributed by atoms with Crippen molar-refractivity contribution < 1.29 is 27.8 Å². The van der Waals surface area contributed by atoms with Crippen molar-refractivity contribution in [2.75, 3.05) is 19.7 Å². The summed E-state index contributed by atoms with van der Waals surface area (Å²) in [5, 5.41) is 0. The Morgan fingerprint density at radius 3 is 2.52 bits per heavy atom. The average molecular weight is 327 g/mol. The van der Waals surface area contributed by atoms with Crippen molar-refractivity contribution in [1.82, 2.24) is 4.90 Å². The fourth-order valence-electron chi connectivity index (χ4n) is 2.59. The second kappa shape index (κ2) is 7.89. The number of halogens is 2. The molecule has 0 radical (unpaired) electrons. The summed E-state index contributed by atoms with van der Waals surface area (Å²) < 4.78 is 34.2. The molecule has 1 heterocycles. The first kappa shape index (κ1) is 17.2. The third kappa shape index (κ3) is 4.40. The maximum atomic E-state index is 12.5. The van der Waals surface area contributed by atoms with Crippen molar-refractivity contribution in [1.29, 1.82) is 0 Å². The van der Waals surface area contributed by atoms with E-state index in [0.717, 1.165) is 0 Å². The molecule has 0 saturated carbocycles. The van der Waals surface area contributed by atoms with Gasteiger partial charge in [0.2, 0.25) is 0 Å². The molecule has 5 nitrogen and oxygen atoms in total. The van der Waals surface area contributed by atoms with E-state index < -0.39 is 6.61 Å². The lowest BCUT2D eigenvalue weighted by Crippen LogP contribution is -2.40. The molecule has 1 aromatic carbocycles. The van der Waals surface area contributed by atoms with Crippen LogP contribution in [0.5, 0.6) is 5.75 Å². The monoisotopic (exact) mass is 327 g/mol. The van der Waals surface area contributed by atoms with Crippen LogP contribution < -0.4 is 4.74 Å². The van der Waals surface area contributed by atoms with E-state index in [9.17, 15) is 18.4 Å². The molecule has 0 unspecified atom stereocenters. The average Bonchev–Trinajstić information content (AvgIpc) is 2.54. The van der Waals surface area contributed by atoms with Gasteiger partial charge in [0.1, 0.15) is 5.75 Å². The lowest BCUT2D eigenvalue weighted by atomic mass is 9.96. The zero-order valence-electron chi connectivity index (χ0n) is 12.8. The molecule has 0 atom stereocenters. The molecule has 0 aromatic heterocycles. The van der Waals surface area contributed by atoms with Gasteiger partial charge in [-0.3, -0.25) is 9.59 Å². The number of rotatable bonds is 5. The SMILES string of the molecule is CCOC(=O)C1CCN(C(=O)c2ccccc2OC(F)F)CC1. The molecule has 126 valence electrons. The minimum atomic E-state index is -2.99. The van der Waals surface area contributed by atoms with Gasteiger partial charge in [-0.05, 0) is 31.9 Å². The fourth-order valence-corrected chi connectivity index (χ4v) is 2.59. The lowest BCUT2D eigenvalue weighted by Gasteiger charge is -2.31. The smallest absolute Gasteiger partial charge is 0.387 e. The lowest BCUT2D eigenvalue weighted by molar-refractivity contribution is -0.149. The molecule has 0 aliphatic carbocycles. The van der Waals surface area contributed by atoms with E-state index in [-0.39, 0.29) is 29.1 Å². The van der Waals surface area contributed by atoms with Gasteiger partial charge in [-0.1, -0.05) is 12.1 Å². The Labute approximate surface area is 133 Å². The van der Waals surface area contributed by atoms with Crippen molar-refractivity contribution in [2.24, 2.45) is 5.92 Å². The predicted molar refractivity (Wildman–Crippen MR) is 78.3 cm³/mol. The molecule has 1 amide bonds. The molecule has 7 heteroatoms. The van der Waals surface area contributed by atoms with Crippen LogP contribution in [-0.2, 0) is 9.53 Å². The molecule has 1 fully saturated rings. The van der Waals surface area contributed by atoms with Gasteiger partial charge in [0.05, 0.1) is 18.1 Å². The molecule has 23 heavy (non-hydrogen) atoms. The van der Waals surface area contributed by atoms with E-state index in [0.29, 0.717) is 32.5 Å². The highest BCUT2D eigenvalue weighted by Gasteiger charge is 2.29. The predicted octanol–water partition coefficient (Wildman–Crippen LogP) is 2.70. The fraction of sp³-hybridized carbons (Fsp3) is 0.500. The Morgan fingerprint density at radius 2 is 1.91 bits per heavy atom. The summed E-state index contributed by atoms with van der Waals surface area (Å²) in [4.78, 5) is 25.7. The maximum Gasteiger partial charge on any atom is 0.387 e. The van der Waals surface area contributed by atoms with Crippen molar-refractivity contribution in [3.63, 3.8) is 0 Å². The van der Waals surface area contributed by atoms with Gasteiger partial charge in [0.15, 0.2) is 0 Å². The van der Waals surface area contributed by atoms with Crippen LogP contribution in [0.4, 0.5) is 8.78 Å². The highest BCUT2D eigenvalue weighted by atomic mass is 19.3. The van der Waals surface area contributed by atoms with E-state index in [4.69, 9.17) is 4.74 Å². The first-order valence-corrected chi connectivity index (χ1v) is 7.52. The Balaban J connectivity index is 2.01. The Hall–Kier alpha value is -2.18. The van der Waals surface area contributed by atoms with E-state index >= 15 is 0 Å². The van der Waals surface area contributed by atoms with Gasteiger partial charge in [0.25, 0.3) is 5.91 Å². The number of esters is 1.